The molecule has 5 heteroatoms. The Balaban J connectivity index is 3.00. The standard InChI is InChI=1S/C14H24N4O/c1-9-8-10(11(19)17-13(2,3)4)16-12(15-9)18-14(5,6)7/h8H,1-7H3,(H,17,19)(H,15,16,18). The molecular formula is C14H24N4O. The van der Waals surface area contributed by atoms with Gasteiger partial charge in [0.25, 0.3) is 5.91 Å². The van der Waals surface area contributed by atoms with E-state index in [1.807, 2.05) is 48.5 Å². The number of aryl methyl sites for hydroxylation is 1. The van der Waals surface area contributed by atoms with Gasteiger partial charge in [0, 0.05) is 16.8 Å². The third kappa shape index (κ3) is 5.68. The second kappa shape index (κ2) is 5.15. The van der Waals surface area contributed by atoms with Crippen molar-refractivity contribution in [1.29, 1.82) is 0 Å². The van der Waals surface area contributed by atoms with Crippen LogP contribution >= 0.6 is 0 Å². The molecular weight excluding hydrogens is 240 g/mol. The summed E-state index contributed by atoms with van der Waals surface area (Å²) in [7, 11) is 0. The molecule has 0 radical (unpaired) electrons. The highest BCUT2D eigenvalue weighted by Gasteiger charge is 2.18. The van der Waals surface area contributed by atoms with Crippen molar-refractivity contribution in [1.82, 2.24) is 15.3 Å². The molecule has 0 aromatic carbocycles. The fourth-order valence-electron chi connectivity index (χ4n) is 1.48. The molecule has 0 aliphatic heterocycles. The summed E-state index contributed by atoms with van der Waals surface area (Å²) >= 11 is 0. The maximum absolute atomic E-state index is 12.1. The number of aromatic nitrogens is 2. The van der Waals surface area contributed by atoms with Crippen molar-refractivity contribution >= 4 is 11.9 Å². The molecule has 0 aliphatic carbocycles. The van der Waals surface area contributed by atoms with E-state index in [0.29, 0.717) is 11.6 Å². The predicted molar refractivity (Wildman–Crippen MR) is 77.4 cm³/mol. The van der Waals surface area contributed by atoms with E-state index in [1.165, 1.54) is 0 Å². The van der Waals surface area contributed by atoms with E-state index in [4.69, 9.17) is 0 Å². The van der Waals surface area contributed by atoms with E-state index >= 15 is 0 Å². The number of nitrogens with zero attached hydrogens (tertiary/aromatic N) is 2. The van der Waals surface area contributed by atoms with E-state index in [-0.39, 0.29) is 17.0 Å². The highest BCUT2D eigenvalue weighted by atomic mass is 16.2. The molecule has 0 spiro atoms. The van der Waals surface area contributed by atoms with Gasteiger partial charge in [0.1, 0.15) is 5.69 Å². The fourth-order valence-corrected chi connectivity index (χ4v) is 1.48. The molecule has 0 fully saturated rings. The van der Waals surface area contributed by atoms with Crippen molar-refractivity contribution in [3.63, 3.8) is 0 Å². The van der Waals surface area contributed by atoms with Gasteiger partial charge in [-0.25, -0.2) is 9.97 Å². The number of carbonyl (C=O) groups is 1. The minimum atomic E-state index is -0.284. The summed E-state index contributed by atoms with van der Waals surface area (Å²) in [6.45, 7) is 13.7. The Morgan fingerprint density at radius 1 is 1.05 bits per heavy atom. The number of nitrogens with one attached hydrogen (secondary N) is 2. The van der Waals surface area contributed by atoms with Gasteiger partial charge in [-0.2, -0.15) is 0 Å². The third-order valence-corrected chi connectivity index (χ3v) is 2.06. The quantitative estimate of drug-likeness (QED) is 0.861. The maximum Gasteiger partial charge on any atom is 0.270 e. The Morgan fingerprint density at radius 3 is 2.11 bits per heavy atom. The average molecular weight is 264 g/mol. The van der Waals surface area contributed by atoms with E-state index in [1.54, 1.807) is 6.07 Å². The van der Waals surface area contributed by atoms with Gasteiger partial charge in [0.15, 0.2) is 0 Å². The van der Waals surface area contributed by atoms with Crippen LogP contribution in [0.3, 0.4) is 0 Å². The summed E-state index contributed by atoms with van der Waals surface area (Å²) < 4.78 is 0. The van der Waals surface area contributed by atoms with Crippen LogP contribution in [0.2, 0.25) is 0 Å². The number of carbonyl (C=O) groups excluding carboxylic acids is 1. The lowest BCUT2D eigenvalue weighted by atomic mass is 10.1. The van der Waals surface area contributed by atoms with Gasteiger partial charge in [0.05, 0.1) is 0 Å². The summed E-state index contributed by atoms with van der Waals surface area (Å²) in [5, 5.41) is 6.07. The number of rotatable bonds is 2. The first-order valence-electron chi connectivity index (χ1n) is 6.43. The molecule has 0 aliphatic rings. The van der Waals surface area contributed by atoms with E-state index in [9.17, 15) is 4.79 Å². The van der Waals surface area contributed by atoms with Gasteiger partial charge in [-0.3, -0.25) is 4.79 Å². The van der Waals surface area contributed by atoms with Gasteiger partial charge in [-0.15, -0.1) is 0 Å². The molecule has 0 atom stereocenters. The van der Waals surface area contributed by atoms with Gasteiger partial charge in [0.2, 0.25) is 5.95 Å². The van der Waals surface area contributed by atoms with Crippen molar-refractivity contribution in [3.8, 4) is 0 Å². The van der Waals surface area contributed by atoms with Crippen molar-refractivity contribution in [2.45, 2.75) is 59.5 Å². The zero-order chi connectivity index (χ0) is 14.8. The molecule has 1 aromatic heterocycles. The number of hydrogen-bond donors (Lipinski definition) is 2. The largest absolute Gasteiger partial charge is 0.350 e. The molecule has 0 saturated carbocycles. The molecule has 106 valence electrons. The number of hydrogen-bond acceptors (Lipinski definition) is 4. The van der Waals surface area contributed by atoms with Crippen LogP contribution in [0.15, 0.2) is 6.07 Å². The van der Waals surface area contributed by atoms with Crippen LogP contribution in [0.5, 0.6) is 0 Å². The van der Waals surface area contributed by atoms with Gasteiger partial charge in [-0.05, 0) is 54.5 Å². The SMILES string of the molecule is Cc1cc(C(=O)NC(C)(C)C)nc(NC(C)(C)C)n1. The highest BCUT2D eigenvalue weighted by molar-refractivity contribution is 5.93. The third-order valence-electron chi connectivity index (χ3n) is 2.06. The summed E-state index contributed by atoms with van der Waals surface area (Å²) in [5.41, 5.74) is 0.717. The Morgan fingerprint density at radius 2 is 1.63 bits per heavy atom. The molecule has 2 N–H and O–H groups in total. The minimum absolute atomic E-state index is 0.147. The molecule has 0 bridgehead atoms. The lowest BCUT2D eigenvalue weighted by Gasteiger charge is -2.22. The normalized spacial score (nSPS) is 12.2. The summed E-state index contributed by atoms with van der Waals surface area (Å²) in [4.78, 5) is 20.7. The molecule has 1 rings (SSSR count). The van der Waals surface area contributed by atoms with Crippen molar-refractivity contribution in [2.75, 3.05) is 5.32 Å². The summed E-state index contributed by atoms with van der Waals surface area (Å²) in [6.07, 6.45) is 0. The smallest absolute Gasteiger partial charge is 0.270 e. The van der Waals surface area contributed by atoms with Crippen molar-refractivity contribution in [3.05, 3.63) is 17.5 Å². The Kier molecular flexibility index (Phi) is 4.18. The highest BCUT2D eigenvalue weighted by Crippen LogP contribution is 2.12. The molecule has 5 nitrogen and oxygen atoms in total. The lowest BCUT2D eigenvalue weighted by molar-refractivity contribution is 0.0914. The van der Waals surface area contributed by atoms with Crippen molar-refractivity contribution in [2.24, 2.45) is 0 Å². The zero-order valence-electron chi connectivity index (χ0n) is 12.9. The lowest BCUT2D eigenvalue weighted by Crippen LogP contribution is -2.41. The van der Waals surface area contributed by atoms with Crippen LogP contribution in [0, 0.1) is 6.92 Å². The molecule has 0 unspecified atom stereocenters. The minimum Gasteiger partial charge on any atom is -0.350 e. The second-order valence-electron chi connectivity index (χ2n) is 6.80. The molecule has 19 heavy (non-hydrogen) atoms. The van der Waals surface area contributed by atoms with Gasteiger partial charge >= 0.3 is 0 Å². The van der Waals surface area contributed by atoms with Gasteiger partial charge in [-0.1, -0.05) is 0 Å². The first-order valence-corrected chi connectivity index (χ1v) is 6.43. The van der Waals surface area contributed by atoms with Crippen molar-refractivity contribution < 1.29 is 4.79 Å². The van der Waals surface area contributed by atoms with E-state index in [2.05, 4.69) is 20.6 Å². The Hall–Kier alpha value is -1.65. The molecule has 1 heterocycles. The number of anilines is 1. The molecule has 1 amide bonds. The maximum atomic E-state index is 12.1. The fraction of sp³-hybridized carbons (Fsp3) is 0.643. The van der Waals surface area contributed by atoms with Crippen LogP contribution < -0.4 is 10.6 Å². The molecule has 1 aromatic rings. The van der Waals surface area contributed by atoms with Crippen LogP contribution in [-0.2, 0) is 0 Å². The van der Waals surface area contributed by atoms with E-state index < -0.39 is 0 Å². The molecule has 0 saturated heterocycles. The second-order valence-corrected chi connectivity index (χ2v) is 6.80. The Labute approximate surface area is 115 Å². The van der Waals surface area contributed by atoms with Crippen LogP contribution in [-0.4, -0.2) is 27.0 Å². The van der Waals surface area contributed by atoms with Gasteiger partial charge < -0.3 is 10.6 Å². The summed E-state index contributed by atoms with van der Waals surface area (Å²) in [6, 6.07) is 1.69. The monoisotopic (exact) mass is 264 g/mol. The van der Waals surface area contributed by atoms with Crippen LogP contribution in [0.4, 0.5) is 5.95 Å². The first kappa shape index (κ1) is 15.4. The predicted octanol–water partition coefficient (Wildman–Crippen LogP) is 2.52. The summed E-state index contributed by atoms with van der Waals surface area (Å²) in [5.74, 6) is 0.293. The zero-order valence-corrected chi connectivity index (χ0v) is 12.9. The van der Waals surface area contributed by atoms with E-state index in [0.717, 1.165) is 5.69 Å². The first-order chi connectivity index (χ1) is 8.46. The van der Waals surface area contributed by atoms with Crippen LogP contribution in [0.1, 0.15) is 57.7 Å². The Bertz CT molecular complexity index is 469. The average Bonchev–Trinajstić information content (AvgIpc) is 2.10. The number of amides is 1. The van der Waals surface area contributed by atoms with Crippen LogP contribution in [0.25, 0.3) is 0 Å². The topological polar surface area (TPSA) is 66.9 Å².